The van der Waals surface area contributed by atoms with Crippen molar-refractivity contribution in [2.45, 2.75) is 5.41 Å². The van der Waals surface area contributed by atoms with E-state index in [0.717, 1.165) is 106 Å². The van der Waals surface area contributed by atoms with Gasteiger partial charge in [-0.2, -0.15) is 5.26 Å². The highest BCUT2D eigenvalue weighted by atomic mass is 16.5. The Morgan fingerprint density at radius 3 is 1.63 bits per heavy atom. The summed E-state index contributed by atoms with van der Waals surface area (Å²) in [4.78, 5) is 10.6. The maximum absolute atomic E-state index is 9.91. The van der Waals surface area contributed by atoms with Gasteiger partial charge in [-0.1, -0.05) is 109 Å². The molecule has 0 N–H and O–H groups in total. The van der Waals surface area contributed by atoms with Crippen molar-refractivity contribution in [3.8, 4) is 46.0 Å². The molecule has 1 unspecified atom stereocenters. The minimum atomic E-state index is -0.937. The van der Waals surface area contributed by atoms with E-state index in [1.807, 2.05) is 24.5 Å². The smallest absolute Gasteiger partial charge is 0.134 e. The van der Waals surface area contributed by atoms with E-state index in [-0.39, 0.29) is 0 Å². The molecule has 0 saturated heterocycles. The molecule has 310 valence electrons. The first-order chi connectivity index (χ1) is 33.2. The lowest BCUT2D eigenvalue weighted by atomic mass is 9.65. The van der Waals surface area contributed by atoms with Crippen molar-refractivity contribution in [1.82, 2.24) is 23.7 Å². The maximum atomic E-state index is 9.91. The van der Waals surface area contributed by atoms with Gasteiger partial charge in [0, 0.05) is 67.0 Å². The largest absolute Gasteiger partial charge is 0.457 e. The summed E-state index contributed by atoms with van der Waals surface area (Å²) in [7, 11) is 0. The van der Waals surface area contributed by atoms with Crippen LogP contribution in [0, 0.1) is 11.3 Å². The topological polar surface area (TPSA) is 73.6 Å². The number of hydrogen-bond donors (Lipinski definition) is 0. The molecule has 6 heterocycles. The van der Waals surface area contributed by atoms with Crippen LogP contribution in [0.1, 0.15) is 27.8 Å². The maximum Gasteiger partial charge on any atom is 0.134 e. The first kappa shape index (κ1) is 36.1. The van der Waals surface area contributed by atoms with Crippen molar-refractivity contribution in [1.29, 1.82) is 5.26 Å². The summed E-state index contributed by atoms with van der Waals surface area (Å²) in [5.41, 5.74) is 14.9. The van der Waals surface area contributed by atoms with Gasteiger partial charge in [0.15, 0.2) is 0 Å². The number of pyridine rings is 2. The van der Waals surface area contributed by atoms with Crippen LogP contribution in [0.3, 0.4) is 0 Å². The van der Waals surface area contributed by atoms with E-state index >= 15 is 0 Å². The van der Waals surface area contributed by atoms with Gasteiger partial charge < -0.3 is 18.4 Å². The van der Waals surface area contributed by atoms with Crippen molar-refractivity contribution in [3.63, 3.8) is 0 Å². The molecule has 13 aromatic rings. The summed E-state index contributed by atoms with van der Waals surface area (Å²) < 4.78 is 14.4. The Kier molecular flexibility index (Phi) is 7.10. The minimum absolute atomic E-state index is 0.628. The molecule has 7 heteroatoms. The number of rotatable bonds is 3. The van der Waals surface area contributed by atoms with E-state index in [1.54, 1.807) is 0 Å². The van der Waals surface area contributed by atoms with Crippen molar-refractivity contribution in [3.05, 3.63) is 234 Å². The lowest BCUT2D eigenvalue weighted by molar-refractivity contribution is 0.435. The fraction of sp³-hybridized carbons (Fsp3) is 0.0167. The lowest BCUT2D eigenvalue weighted by Gasteiger charge is -2.40. The van der Waals surface area contributed by atoms with Gasteiger partial charge in [0.1, 0.15) is 11.5 Å². The van der Waals surface area contributed by atoms with Crippen LogP contribution in [0.15, 0.2) is 207 Å². The Labute approximate surface area is 383 Å². The van der Waals surface area contributed by atoms with Crippen molar-refractivity contribution >= 4 is 65.4 Å². The summed E-state index contributed by atoms with van der Waals surface area (Å²) in [6, 6.07) is 71.1. The fourth-order valence-corrected chi connectivity index (χ4v) is 11.8. The van der Waals surface area contributed by atoms with Gasteiger partial charge in [-0.05, 0) is 84.4 Å². The molecule has 0 fully saturated rings. The van der Waals surface area contributed by atoms with E-state index in [1.165, 1.54) is 21.5 Å². The fourth-order valence-electron chi connectivity index (χ4n) is 11.8. The molecule has 15 rings (SSSR count). The molecular formula is C60H34N6O. The summed E-state index contributed by atoms with van der Waals surface area (Å²) in [5.74, 6) is 1.50. The monoisotopic (exact) mass is 854 g/mol. The molecule has 1 atom stereocenters. The van der Waals surface area contributed by atoms with Crippen LogP contribution >= 0.6 is 0 Å². The molecule has 1 aliphatic carbocycles. The summed E-state index contributed by atoms with van der Waals surface area (Å²) in [6.07, 6.45) is 3.89. The Morgan fingerprint density at radius 2 is 0.985 bits per heavy atom. The van der Waals surface area contributed by atoms with Gasteiger partial charge in [-0.3, -0.25) is 9.97 Å². The Bertz CT molecular complexity index is 4250. The first-order valence-corrected chi connectivity index (χ1v) is 22.5. The average Bonchev–Trinajstić information content (AvgIpc) is 4.10. The number of ether oxygens (including phenoxy) is 1. The highest BCUT2D eigenvalue weighted by Crippen LogP contribution is 2.63. The van der Waals surface area contributed by atoms with Gasteiger partial charge >= 0.3 is 0 Å². The van der Waals surface area contributed by atoms with Gasteiger partial charge in [0.05, 0.1) is 79.1 Å². The molecule has 67 heavy (non-hydrogen) atoms. The van der Waals surface area contributed by atoms with Crippen LogP contribution in [0.25, 0.3) is 93.9 Å². The molecule has 1 aliphatic heterocycles. The van der Waals surface area contributed by atoms with Crippen LogP contribution in [-0.4, -0.2) is 23.7 Å². The molecular weight excluding hydrogens is 821 g/mol. The van der Waals surface area contributed by atoms with Crippen LogP contribution in [0.2, 0.25) is 0 Å². The number of nitrogens with zero attached hydrogens (tertiary/aromatic N) is 6. The zero-order chi connectivity index (χ0) is 44.0. The normalized spacial score (nSPS) is 14.7. The average molecular weight is 855 g/mol. The molecule has 0 amide bonds. The van der Waals surface area contributed by atoms with E-state index in [9.17, 15) is 5.26 Å². The van der Waals surface area contributed by atoms with Gasteiger partial charge in [0.25, 0.3) is 0 Å². The zero-order valence-electron chi connectivity index (χ0n) is 35.7. The highest BCUT2D eigenvalue weighted by molar-refractivity contribution is 6.12. The van der Waals surface area contributed by atoms with E-state index in [4.69, 9.17) is 14.7 Å². The van der Waals surface area contributed by atoms with Gasteiger partial charge in [-0.25, -0.2) is 0 Å². The summed E-state index contributed by atoms with van der Waals surface area (Å²) in [5, 5.41) is 16.8. The lowest BCUT2D eigenvalue weighted by Crippen LogP contribution is -2.34. The third kappa shape index (κ3) is 4.63. The van der Waals surface area contributed by atoms with E-state index in [2.05, 4.69) is 202 Å². The Hall–Kier alpha value is -9.25. The molecule has 0 radical (unpaired) electrons. The van der Waals surface area contributed by atoms with E-state index in [0.29, 0.717) is 5.56 Å². The predicted molar refractivity (Wildman–Crippen MR) is 267 cm³/mol. The SMILES string of the molecule is N#Cc1ccc2c(c1)c1ccccc1n2-c1ccc2c(c1)Oc1cccc(-n3c4ccccc4c4ccccc43)c1C21c2cccnc2-c2ncc(-n3c4ccccc4c4ccccc43)cc21. The highest BCUT2D eigenvalue weighted by Gasteiger charge is 2.54. The summed E-state index contributed by atoms with van der Waals surface area (Å²) in [6.45, 7) is 0. The number of aromatic nitrogens is 5. The summed E-state index contributed by atoms with van der Waals surface area (Å²) >= 11 is 0. The molecule has 8 aromatic carbocycles. The molecule has 1 spiro atoms. The standard InChI is InChI=1S/C60H34N6O/c61-34-36-26-29-53-44(31-36)43-17-5-8-21-50(43)64(53)37-27-28-45-56(33-37)67-55-25-11-24-54(66-51-22-9-3-15-41(51)42-16-4-10-23-52(42)66)57(55)60(45)46-18-12-30-62-58(46)59-47(60)32-38(35-63-59)65-48-19-6-1-13-39(48)40-14-2-7-20-49(40)65/h1-33,35H. The van der Waals surface area contributed by atoms with Gasteiger partial charge in [0.2, 0.25) is 0 Å². The third-order valence-corrected chi connectivity index (χ3v) is 14.4. The second kappa shape index (κ2) is 13.2. The van der Waals surface area contributed by atoms with Crippen molar-refractivity contribution in [2.75, 3.05) is 0 Å². The third-order valence-electron chi connectivity index (χ3n) is 14.4. The Balaban J connectivity index is 1.08. The second-order valence-electron chi connectivity index (χ2n) is 17.6. The molecule has 2 aliphatic rings. The van der Waals surface area contributed by atoms with Crippen LogP contribution < -0.4 is 4.74 Å². The number of benzene rings is 8. The van der Waals surface area contributed by atoms with Crippen LogP contribution in [-0.2, 0) is 5.41 Å². The van der Waals surface area contributed by atoms with E-state index < -0.39 is 5.41 Å². The van der Waals surface area contributed by atoms with Crippen LogP contribution in [0.5, 0.6) is 11.5 Å². The quantitative estimate of drug-likeness (QED) is 0.177. The molecule has 7 nitrogen and oxygen atoms in total. The number of hydrogen-bond acceptors (Lipinski definition) is 4. The number of fused-ring (bicyclic) bond motifs is 18. The minimum Gasteiger partial charge on any atom is -0.457 e. The first-order valence-electron chi connectivity index (χ1n) is 22.5. The zero-order valence-corrected chi connectivity index (χ0v) is 35.7. The second-order valence-corrected chi connectivity index (χ2v) is 17.6. The van der Waals surface area contributed by atoms with Crippen molar-refractivity contribution in [2.24, 2.45) is 0 Å². The van der Waals surface area contributed by atoms with Crippen LogP contribution in [0.4, 0.5) is 0 Å². The Morgan fingerprint density at radius 1 is 0.418 bits per heavy atom. The predicted octanol–water partition coefficient (Wildman–Crippen LogP) is 14.1. The molecule has 0 bridgehead atoms. The molecule has 5 aromatic heterocycles. The number of nitriles is 1. The van der Waals surface area contributed by atoms with Crippen molar-refractivity contribution < 1.29 is 4.74 Å². The number of para-hydroxylation sites is 5. The van der Waals surface area contributed by atoms with Gasteiger partial charge in [-0.15, -0.1) is 0 Å². The molecule has 0 saturated carbocycles.